The average Bonchev–Trinajstić information content (AvgIpc) is 3.16. The number of nitrogens with two attached hydrogens (primary N) is 1. The van der Waals surface area contributed by atoms with Gasteiger partial charge in [0.25, 0.3) is 0 Å². The lowest BCUT2D eigenvalue weighted by molar-refractivity contribution is -0.128. The Hall–Kier alpha value is -1.01. The maximum absolute atomic E-state index is 12.9. The number of benzene rings is 1. The molecule has 3 atom stereocenters. The minimum Gasteiger partial charge on any atom is -0.496 e. The summed E-state index contributed by atoms with van der Waals surface area (Å²) >= 11 is 0. The molecule has 0 radical (unpaired) electrons. The average molecular weight is 432 g/mol. The maximum atomic E-state index is 12.9. The summed E-state index contributed by atoms with van der Waals surface area (Å²) in [6, 6.07) is 8.29. The third-order valence-electron chi connectivity index (χ3n) is 6.12. The van der Waals surface area contributed by atoms with Crippen molar-refractivity contribution in [3.63, 3.8) is 0 Å². The van der Waals surface area contributed by atoms with E-state index in [4.69, 9.17) is 10.5 Å². The predicted octanol–water partition coefficient (Wildman–Crippen LogP) is 3.70. The van der Waals surface area contributed by atoms with E-state index in [0.29, 0.717) is 6.54 Å². The zero-order valence-corrected chi connectivity index (χ0v) is 18.6. The van der Waals surface area contributed by atoms with E-state index >= 15 is 0 Å². The van der Waals surface area contributed by atoms with E-state index in [1.165, 1.54) is 12.8 Å². The molecule has 28 heavy (non-hydrogen) atoms. The highest BCUT2D eigenvalue weighted by Crippen LogP contribution is 2.33. The number of rotatable bonds is 6. The van der Waals surface area contributed by atoms with Gasteiger partial charge in [-0.2, -0.15) is 0 Å². The molecule has 1 aromatic carbocycles. The van der Waals surface area contributed by atoms with Gasteiger partial charge in [0, 0.05) is 17.6 Å². The van der Waals surface area contributed by atoms with Gasteiger partial charge in [-0.15, -0.1) is 24.8 Å². The highest BCUT2D eigenvalue weighted by atomic mass is 35.5. The van der Waals surface area contributed by atoms with Gasteiger partial charge in [-0.05, 0) is 51.8 Å². The summed E-state index contributed by atoms with van der Waals surface area (Å²) in [5, 5.41) is 3.22. The van der Waals surface area contributed by atoms with E-state index in [1.54, 1.807) is 7.11 Å². The van der Waals surface area contributed by atoms with Gasteiger partial charge >= 0.3 is 0 Å². The molecule has 3 rings (SSSR count). The molecule has 5 nitrogen and oxygen atoms in total. The monoisotopic (exact) mass is 431 g/mol. The zero-order chi connectivity index (χ0) is 18.6. The van der Waals surface area contributed by atoms with Gasteiger partial charge in [0.2, 0.25) is 5.91 Å². The van der Waals surface area contributed by atoms with Gasteiger partial charge < -0.3 is 15.8 Å². The summed E-state index contributed by atoms with van der Waals surface area (Å²) in [5.41, 5.74) is 7.17. The van der Waals surface area contributed by atoms with Gasteiger partial charge in [0.15, 0.2) is 0 Å². The summed E-state index contributed by atoms with van der Waals surface area (Å²) in [6.07, 6.45) is 6.45. The van der Waals surface area contributed by atoms with Crippen LogP contribution in [-0.2, 0) is 4.79 Å². The van der Waals surface area contributed by atoms with Crippen LogP contribution in [0.5, 0.6) is 5.75 Å². The Bertz CT molecular complexity index is 621. The number of nitrogens with one attached hydrogen (secondary N) is 1. The van der Waals surface area contributed by atoms with Gasteiger partial charge in [-0.25, -0.2) is 0 Å². The van der Waals surface area contributed by atoms with Crippen molar-refractivity contribution >= 4 is 30.7 Å². The third kappa shape index (κ3) is 5.76. The van der Waals surface area contributed by atoms with Crippen LogP contribution in [0.2, 0.25) is 0 Å². The Morgan fingerprint density at radius 1 is 1.25 bits per heavy atom. The molecular formula is C21H35Cl2N3O2. The first-order valence-electron chi connectivity index (χ1n) is 9.96. The molecule has 7 heteroatoms. The normalized spacial score (nSPS) is 25.9. The lowest BCUT2D eigenvalue weighted by Gasteiger charge is -2.38. The number of likely N-dealkylation sites (tertiary alicyclic amines) is 1. The van der Waals surface area contributed by atoms with Crippen LogP contribution >= 0.6 is 24.8 Å². The molecule has 0 spiro atoms. The largest absolute Gasteiger partial charge is 0.496 e. The van der Waals surface area contributed by atoms with Crippen molar-refractivity contribution in [2.75, 3.05) is 26.7 Å². The number of carbonyl (C=O) groups excluding carboxylic acids is 1. The number of halogens is 2. The first-order chi connectivity index (χ1) is 12.5. The Morgan fingerprint density at radius 2 is 1.93 bits per heavy atom. The van der Waals surface area contributed by atoms with Gasteiger partial charge in [-0.3, -0.25) is 9.69 Å². The number of nitrogens with zero attached hydrogens (tertiary/aromatic N) is 1. The van der Waals surface area contributed by atoms with Crippen LogP contribution in [0.15, 0.2) is 24.3 Å². The van der Waals surface area contributed by atoms with Crippen molar-refractivity contribution in [1.82, 2.24) is 10.2 Å². The molecule has 3 unspecified atom stereocenters. The van der Waals surface area contributed by atoms with Crippen LogP contribution in [0, 0.1) is 5.92 Å². The standard InChI is InChI=1S/C21H33N3O2.2ClH/c1-21(22)12-6-5-10-17(21)20(25)23-15-18(24-13-7-8-14-24)16-9-3-4-11-19(16)26-2;;/h3-4,9,11,17-18H,5-8,10,12-15,22H2,1-2H3,(H,23,25);2*1H. The quantitative estimate of drug-likeness (QED) is 0.720. The molecule has 2 aliphatic rings. The van der Waals surface area contributed by atoms with Crippen LogP contribution < -0.4 is 15.8 Å². The fourth-order valence-corrected chi connectivity index (χ4v) is 4.54. The Balaban J connectivity index is 0.00000196. The highest BCUT2D eigenvalue weighted by molar-refractivity contribution is 5.85. The van der Waals surface area contributed by atoms with Gasteiger partial charge in [0.05, 0.1) is 19.1 Å². The van der Waals surface area contributed by atoms with Crippen molar-refractivity contribution in [3.8, 4) is 5.75 Å². The maximum Gasteiger partial charge on any atom is 0.225 e. The number of hydrogen-bond donors (Lipinski definition) is 2. The molecule has 1 heterocycles. The molecule has 1 saturated heterocycles. The number of para-hydroxylation sites is 1. The lowest BCUT2D eigenvalue weighted by atomic mass is 9.74. The fourth-order valence-electron chi connectivity index (χ4n) is 4.54. The summed E-state index contributed by atoms with van der Waals surface area (Å²) < 4.78 is 5.58. The molecule has 3 N–H and O–H groups in total. The molecule has 0 bridgehead atoms. The predicted molar refractivity (Wildman–Crippen MR) is 119 cm³/mol. The number of ether oxygens (including phenoxy) is 1. The molecule has 160 valence electrons. The van der Waals surface area contributed by atoms with Crippen molar-refractivity contribution in [2.24, 2.45) is 11.7 Å². The van der Waals surface area contributed by atoms with E-state index < -0.39 is 5.54 Å². The Morgan fingerprint density at radius 3 is 2.57 bits per heavy atom. The van der Waals surface area contributed by atoms with Crippen LogP contribution in [0.4, 0.5) is 0 Å². The molecule has 1 aliphatic carbocycles. The summed E-state index contributed by atoms with van der Waals surface area (Å²) in [6.45, 7) is 4.76. The minimum absolute atomic E-state index is 0. The zero-order valence-electron chi connectivity index (χ0n) is 17.0. The van der Waals surface area contributed by atoms with Gasteiger partial charge in [-0.1, -0.05) is 31.0 Å². The smallest absolute Gasteiger partial charge is 0.225 e. The SMILES string of the molecule is COc1ccccc1C(CNC(=O)C1CCCCC1(C)N)N1CCCC1.Cl.Cl. The lowest BCUT2D eigenvalue weighted by Crippen LogP contribution is -2.53. The molecule has 1 amide bonds. The van der Waals surface area contributed by atoms with Gasteiger partial charge in [0.1, 0.15) is 5.75 Å². The first kappa shape index (κ1) is 25.0. The van der Waals surface area contributed by atoms with Crippen LogP contribution in [-0.4, -0.2) is 43.1 Å². The Labute approximate surface area is 181 Å². The fraction of sp³-hybridized carbons (Fsp3) is 0.667. The summed E-state index contributed by atoms with van der Waals surface area (Å²) in [5.74, 6) is 0.905. The minimum atomic E-state index is -0.393. The first-order valence-corrected chi connectivity index (χ1v) is 9.96. The highest BCUT2D eigenvalue weighted by Gasteiger charge is 2.38. The molecular weight excluding hydrogens is 397 g/mol. The number of hydrogen-bond acceptors (Lipinski definition) is 4. The number of methoxy groups -OCH3 is 1. The number of carbonyl (C=O) groups is 1. The van der Waals surface area contributed by atoms with E-state index in [0.717, 1.165) is 50.1 Å². The molecule has 0 aromatic heterocycles. The van der Waals surface area contributed by atoms with Crippen molar-refractivity contribution < 1.29 is 9.53 Å². The Kier molecular flexibility index (Phi) is 10.1. The molecule has 1 saturated carbocycles. The van der Waals surface area contributed by atoms with E-state index in [-0.39, 0.29) is 42.7 Å². The topological polar surface area (TPSA) is 67.6 Å². The van der Waals surface area contributed by atoms with Crippen LogP contribution in [0.1, 0.15) is 57.1 Å². The molecule has 1 aromatic rings. The van der Waals surface area contributed by atoms with E-state index in [1.807, 2.05) is 25.1 Å². The van der Waals surface area contributed by atoms with Crippen LogP contribution in [0.3, 0.4) is 0 Å². The van der Waals surface area contributed by atoms with E-state index in [2.05, 4.69) is 16.3 Å². The second kappa shape index (κ2) is 11.2. The van der Waals surface area contributed by atoms with Crippen molar-refractivity contribution in [2.45, 2.75) is 57.0 Å². The summed E-state index contributed by atoms with van der Waals surface area (Å²) in [4.78, 5) is 15.3. The van der Waals surface area contributed by atoms with E-state index in [9.17, 15) is 4.79 Å². The number of amides is 1. The second-order valence-electron chi connectivity index (χ2n) is 8.05. The van der Waals surface area contributed by atoms with Crippen LogP contribution in [0.25, 0.3) is 0 Å². The molecule has 2 fully saturated rings. The summed E-state index contributed by atoms with van der Waals surface area (Å²) in [7, 11) is 1.71. The second-order valence-corrected chi connectivity index (χ2v) is 8.05. The molecule has 1 aliphatic heterocycles. The van der Waals surface area contributed by atoms with Crippen molar-refractivity contribution in [1.29, 1.82) is 0 Å². The van der Waals surface area contributed by atoms with Crippen molar-refractivity contribution in [3.05, 3.63) is 29.8 Å². The third-order valence-corrected chi connectivity index (χ3v) is 6.12.